The average Bonchev–Trinajstić information content (AvgIpc) is 2.72. The van der Waals surface area contributed by atoms with Crippen molar-refractivity contribution in [1.82, 2.24) is 0 Å². The minimum Gasteiger partial charge on any atom is -0.390 e. The summed E-state index contributed by atoms with van der Waals surface area (Å²) in [6.07, 6.45) is 9.88. The van der Waals surface area contributed by atoms with Crippen LogP contribution in [0.5, 0.6) is 0 Å². The molecule has 0 aromatic rings. The van der Waals surface area contributed by atoms with Gasteiger partial charge in [0, 0.05) is 0 Å². The number of hydrogen-bond donors (Lipinski definition) is 2. The number of aliphatic hydroxyl groups excluding tert-OH is 2. The highest BCUT2D eigenvalue weighted by molar-refractivity contribution is 5.25. The normalized spacial score (nSPS) is 57.6. The van der Waals surface area contributed by atoms with E-state index in [1.165, 1.54) is 32.1 Å². The van der Waals surface area contributed by atoms with Crippen molar-refractivity contribution in [2.45, 2.75) is 77.9 Å². The molecule has 2 nitrogen and oxygen atoms in total. The Morgan fingerprint density at radius 2 is 1.86 bits per heavy atom. The van der Waals surface area contributed by atoms with Crippen LogP contribution in [-0.2, 0) is 0 Å². The fourth-order valence-corrected chi connectivity index (χ4v) is 6.83. The monoisotopic (exact) mass is 304 g/mol. The zero-order valence-electron chi connectivity index (χ0n) is 14.4. The van der Waals surface area contributed by atoms with Gasteiger partial charge in [0.25, 0.3) is 0 Å². The molecule has 3 saturated carbocycles. The molecule has 0 aliphatic heterocycles. The molecule has 0 unspecified atom stereocenters. The maximum Gasteiger partial charge on any atom is 0.0855 e. The summed E-state index contributed by atoms with van der Waals surface area (Å²) >= 11 is 0. The third-order valence-corrected chi connectivity index (χ3v) is 8.32. The van der Waals surface area contributed by atoms with E-state index in [0.717, 1.165) is 24.7 Å². The zero-order valence-corrected chi connectivity index (χ0v) is 14.4. The molecule has 0 spiro atoms. The summed E-state index contributed by atoms with van der Waals surface area (Å²) in [6.45, 7) is 7.15. The first kappa shape index (κ1) is 15.2. The minimum absolute atomic E-state index is 0.0513. The van der Waals surface area contributed by atoms with Gasteiger partial charge in [-0.25, -0.2) is 0 Å². The summed E-state index contributed by atoms with van der Waals surface area (Å²) in [7, 11) is 0. The lowest BCUT2D eigenvalue weighted by atomic mass is 9.47. The van der Waals surface area contributed by atoms with E-state index in [2.05, 4.69) is 26.8 Å². The quantitative estimate of drug-likeness (QED) is 0.666. The maximum atomic E-state index is 10.5. The molecule has 0 bridgehead atoms. The molecule has 4 aliphatic carbocycles. The van der Waals surface area contributed by atoms with Crippen LogP contribution in [0.3, 0.4) is 0 Å². The predicted molar refractivity (Wildman–Crippen MR) is 88.3 cm³/mol. The summed E-state index contributed by atoms with van der Waals surface area (Å²) < 4.78 is 0. The van der Waals surface area contributed by atoms with Gasteiger partial charge in [-0.15, -0.1) is 0 Å². The molecule has 3 fully saturated rings. The molecule has 0 radical (unpaired) electrons. The highest BCUT2D eigenvalue weighted by Crippen LogP contribution is 2.65. The van der Waals surface area contributed by atoms with Gasteiger partial charge in [0.1, 0.15) is 0 Å². The van der Waals surface area contributed by atoms with Crippen LogP contribution in [0.4, 0.5) is 0 Å². The van der Waals surface area contributed by atoms with Gasteiger partial charge in [-0.1, -0.05) is 32.4 Å². The van der Waals surface area contributed by atoms with Gasteiger partial charge in [-0.2, -0.15) is 0 Å². The second-order valence-corrected chi connectivity index (χ2v) is 9.40. The van der Waals surface area contributed by atoms with Crippen LogP contribution in [0.15, 0.2) is 11.6 Å². The van der Waals surface area contributed by atoms with Gasteiger partial charge >= 0.3 is 0 Å². The molecule has 0 amide bonds. The van der Waals surface area contributed by atoms with E-state index in [-0.39, 0.29) is 5.41 Å². The Morgan fingerprint density at radius 1 is 1.09 bits per heavy atom. The highest BCUT2D eigenvalue weighted by Gasteiger charge is 2.60. The number of allylic oxidation sites excluding steroid dienone is 2. The molecule has 4 aliphatic rings. The minimum atomic E-state index is -0.511. The Labute approximate surface area is 135 Å². The van der Waals surface area contributed by atoms with Crippen LogP contribution in [-0.4, -0.2) is 22.4 Å². The summed E-state index contributed by atoms with van der Waals surface area (Å²) in [4.78, 5) is 0. The molecule has 0 heterocycles. The first-order valence-corrected chi connectivity index (χ1v) is 9.42. The smallest absolute Gasteiger partial charge is 0.0855 e. The van der Waals surface area contributed by atoms with E-state index >= 15 is 0 Å². The molecule has 0 saturated heterocycles. The van der Waals surface area contributed by atoms with Crippen molar-refractivity contribution in [3.8, 4) is 0 Å². The lowest BCUT2D eigenvalue weighted by Crippen LogP contribution is -2.51. The van der Waals surface area contributed by atoms with E-state index < -0.39 is 12.2 Å². The van der Waals surface area contributed by atoms with Crippen LogP contribution in [0.25, 0.3) is 0 Å². The Kier molecular flexibility index (Phi) is 3.34. The molecular formula is C20H32O2. The molecular weight excluding hydrogens is 272 g/mol. The van der Waals surface area contributed by atoms with Crippen molar-refractivity contribution in [2.75, 3.05) is 0 Å². The van der Waals surface area contributed by atoms with Gasteiger partial charge in [0.05, 0.1) is 12.2 Å². The van der Waals surface area contributed by atoms with Crippen LogP contribution in [0.2, 0.25) is 0 Å². The SMILES string of the molecule is C[C@H]1CC[C@@]2(C)C(=CC[C@H]3[C@@H]4C[C@@H](O)[C@H](O)[C@@]4(C)CC[C@@H]32)C1. The third kappa shape index (κ3) is 1.86. The van der Waals surface area contributed by atoms with E-state index in [0.29, 0.717) is 17.3 Å². The molecule has 0 aromatic carbocycles. The predicted octanol–water partition coefficient (Wildman–Crippen LogP) is 3.92. The second-order valence-electron chi connectivity index (χ2n) is 9.40. The van der Waals surface area contributed by atoms with Crippen LogP contribution < -0.4 is 0 Å². The number of fused-ring (bicyclic) bond motifs is 5. The van der Waals surface area contributed by atoms with Crippen molar-refractivity contribution in [3.05, 3.63) is 11.6 Å². The topological polar surface area (TPSA) is 40.5 Å². The fourth-order valence-electron chi connectivity index (χ4n) is 6.83. The second kappa shape index (κ2) is 4.83. The van der Waals surface area contributed by atoms with E-state index in [1.807, 2.05) is 0 Å². The first-order chi connectivity index (χ1) is 10.4. The Morgan fingerprint density at radius 3 is 2.64 bits per heavy atom. The maximum absolute atomic E-state index is 10.5. The Balaban J connectivity index is 1.68. The van der Waals surface area contributed by atoms with E-state index in [1.54, 1.807) is 5.57 Å². The number of aliphatic hydroxyl groups is 2. The number of rotatable bonds is 0. The van der Waals surface area contributed by atoms with Gasteiger partial charge in [0.2, 0.25) is 0 Å². The largest absolute Gasteiger partial charge is 0.390 e. The summed E-state index contributed by atoms with van der Waals surface area (Å²) in [6, 6.07) is 0. The molecule has 22 heavy (non-hydrogen) atoms. The van der Waals surface area contributed by atoms with Crippen molar-refractivity contribution in [3.63, 3.8) is 0 Å². The van der Waals surface area contributed by atoms with Crippen LogP contribution >= 0.6 is 0 Å². The number of hydrogen-bond acceptors (Lipinski definition) is 2. The van der Waals surface area contributed by atoms with E-state index in [4.69, 9.17) is 0 Å². The molecule has 8 atom stereocenters. The van der Waals surface area contributed by atoms with Crippen molar-refractivity contribution >= 4 is 0 Å². The standard InChI is InChI=1S/C20H32O2/c1-12-6-8-19(2)13(10-12)4-5-14-15(19)7-9-20(3)16(14)11-17(21)18(20)22/h4,12,14-18,21-22H,5-11H2,1-3H3/t12-,14+,15-,16-,17+,18-,19-,20-/m0/s1. The van der Waals surface area contributed by atoms with Gasteiger partial charge in [-0.05, 0) is 79.4 Å². The molecule has 2 heteroatoms. The van der Waals surface area contributed by atoms with E-state index in [9.17, 15) is 10.2 Å². The van der Waals surface area contributed by atoms with Crippen molar-refractivity contribution in [1.29, 1.82) is 0 Å². The Bertz CT molecular complexity index is 498. The van der Waals surface area contributed by atoms with Crippen molar-refractivity contribution < 1.29 is 10.2 Å². The molecule has 124 valence electrons. The van der Waals surface area contributed by atoms with Gasteiger partial charge in [0.15, 0.2) is 0 Å². The fraction of sp³-hybridized carbons (Fsp3) is 0.900. The molecule has 0 aromatic heterocycles. The zero-order chi connectivity index (χ0) is 15.7. The van der Waals surface area contributed by atoms with Crippen LogP contribution in [0, 0.1) is 34.5 Å². The first-order valence-electron chi connectivity index (χ1n) is 9.42. The molecule has 2 N–H and O–H groups in total. The molecule has 4 rings (SSSR count). The lowest BCUT2D eigenvalue weighted by Gasteiger charge is -2.57. The highest BCUT2D eigenvalue weighted by atomic mass is 16.3. The summed E-state index contributed by atoms with van der Waals surface area (Å²) in [5.41, 5.74) is 2.08. The van der Waals surface area contributed by atoms with Crippen molar-refractivity contribution in [2.24, 2.45) is 34.5 Å². The lowest BCUT2D eigenvalue weighted by molar-refractivity contribution is -0.0793. The van der Waals surface area contributed by atoms with Gasteiger partial charge in [-0.3, -0.25) is 0 Å². The summed E-state index contributed by atoms with van der Waals surface area (Å²) in [5, 5.41) is 20.8. The Hall–Kier alpha value is -0.340. The third-order valence-electron chi connectivity index (χ3n) is 8.32. The van der Waals surface area contributed by atoms with Crippen LogP contribution in [0.1, 0.15) is 65.7 Å². The van der Waals surface area contributed by atoms with Gasteiger partial charge < -0.3 is 10.2 Å². The average molecular weight is 304 g/mol. The summed E-state index contributed by atoms with van der Waals surface area (Å²) in [5.74, 6) is 2.80.